The highest BCUT2D eigenvalue weighted by Crippen LogP contribution is 2.26. The Kier molecular flexibility index (Phi) is 4.24. The van der Waals surface area contributed by atoms with Crippen molar-refractivity contribution in [2.45, 2.75) is 30.6 Å². The molecule has 0 heterocycles. The molecule has 0 atom stereocenters. The molecule has 0 spiro atoms. The van der Waals surface area contributed by atoms with Gasteiger partial charge in [0.15, 0.2) is 0 Å². The molecule has 1 saturated carbocycles. The smallest absolute Gasteiger partial charge is 0.271 e. The van der Waals surface area contributed by atoms with E-state index in [9.17, 15) is 18.5 Å². The van der Waals surface area contributed by atoms with Crippen molar-refractivity contribution in [2.24, 2.45) is 5.92 Å². The second-order valence-corrected chi connectivity index (χ2v) is 6.72. The average Bonchev–Trinajstić information content (AvgIpc) is 2.89. The van der Waals surface area contributed by atoms with Crippen LogP contribution in [0.25, 0.3) is 0 Å². The van der Waals surface area contributed by atoms with Crippen LogP contribution in [0.3, 0.4) is 0 Å². The van der Waals surface area contributed by atoms with E-state index < -0.39 is 14.9 Å². The number of nitro groups is 1. The minimum absolute atomic E-state index is 0.110. The third-order valence-corrected chi connectivity index (χ3v) is 5.03. The third kappa shape index (κ3) is 3.26. The number of rotatable bonds is 5. The maximum atomic E-state index is 12.1. The maximum absolute atomic E-state index is 12.1. The van der Waals surface area contributed by atoms with E-state index in [4.69, 9.17) is 5.73 Å². The molecule has 1 aromatic rings. The third-order valence-electron chi connectivity index (χ3n) is 3.53. The van der Waals surface area contributed by atoms with Crippen molar-refractivity contribution in [1.29, 1.82) is 0 Å². The Bertz CT molecular complexity index is 609. The number of nitrogens with one attached hydrogen (secondary N) is 1. The number of nitrogens with zero attached hydrogens (tertiary/aromatic N) is 1. The quantitative estimate of drug-likeness (QED) is 0.487. The first-order valence-corrected chi connectivity index (χ1v) is 7.92. The minimum Gasteiger partial charge on any atom is -0.397 e. The lowest BCUT2D eigenvalue weighted by Gasteiger charge is -2.12. The van der Waals surface area contributed by atoms with Crippen LogP contribution in [-0.2, 0) is 10.0 Å². The van der Waals surface area contributed by atoms with Gasteiger partial charge in [-0.15, -0.1) is 0 Å². The van der Waals surface area contributed by atoms with Gasteiger partial charge in [0.2, 0.25) is 10.0 Å². The minimum atomic E-state index is -3.72. The molecule has 0 unspecified atom stereocenters. The zero-order chi connectivity index (χ0) is 14.8. The van der Waals surface area contributed by atoms with Crippen LogP contribution in [0.2, 0.25) is 0 Å². The molecule has 1 aliphatic rings. The van der Waals surface area contributed by atoms with E-state index in [-0.39, 0.29) is 16.3 Å². The molecule has 0 radical (unpaired) electrons. The van der Waals surface area contributed by atoms with E-state index >= 15 is 0 Å². The Balaban J connectivity index is 2.14. The Labute approximate surface area is 117 Å². The van der Waals surface area contributed by atoms with Crippen LogP contribution in [0, 0.1) is 16.0 Å². The SMILES string of the molecule is Nc1cc([N+](=O)[O-])ccc1S(=O)(=O)NCC1CCCC1. The topological polar surface area (TPSA) is 115 Å². The molecular formula is C12H17N3O4S. The molecule has 7 nitrogen and oxygen atoms in total. The summed E-state index contributed by atoms with van der Waals surface area (Å²) in [5.74, 6) is 0.365. The van der Waals surface area contributed by atoms with E-state index in [0.29, 0.717) is 12.5 Å². The summed E-state index contributed by atoms with van der Waals surface area (Å²) in [6.07, 6.45) is 4.31. The molecule has 1 aliphatic carbocycles. The second kappa shape index (κ2) is 5.76. The number of hydrogen-bond donors (Lipinski definition) is 2. The Morgan fingerprint density at radius 2 is 2.00 bits per heavy atom. The summed E-state index contributed by atoms with van der Waals surface area (Å²) in [5, 5.41) is 10.6. The van der Waals surface area contributed by atoms with Crippen LogP contribution in [0.4, 0.5) is 11.4 Å². The molecule has 0 amide bonds. The number of nitrogen functional groups attached to an aromatic ring is 1. The first kappa shape index (κ1) is 14.7. The van der Waals surface area contributed by atoms with Crippen LogP contribution in [0.5, 0.6) is 0 Å². The highest BCUT2D eigenvalue weighted by Gasteiger charge is 2.22. The van der Waals surface area contributed by atoms with Crippen molar-refractivity contribution < 1.29 is 13.3 Å². The number of sulfonamides is 1. The molecule has 20 heavy (non-hydrogen) atoms. The fourth-order valence-electron chi connectivity index (χ4n) is 2.41. The van der Waals surface area contributed by atoms with Crippen LogP contribution in [0.1, 0.15) is 25.7 Å². The number of anilines is 1. The lowest BCUT2D eigenvalue weighted by molar-refractivity contribution is -0.384. The molecule has 8 heteroatoms. The molecule has 2 rings (SSSR count). The zero-order valence-corrected chi connectivity index (χ0v) is 11.7. The van der Waals surface area contributed by atoms with Crippen molar-refractivity contribution >= 4 is 21.4 Å². The number of nitro benzene ring substituents is 1. The Morgan fingerprint density at radius 1 is 1.35 bits per heavy atom. The van der Waals surface area contributed by atoms with Crippen molar-refractivity contribution in [3.05, 3.63) is 28.3 Å². The fourth-order valence-corrected chi connectivity index (χ4v) is 3.64. The summed E-state index contributed by atoms with van der Waals surface area (Å²) in [6.45, 7) is 0.388. The molecule has 0 aromatic heterocycles. The molecule has 0 aliphatic heterocycles. The first-order chi connectivity index (χ1) is 9.40. The average molecular weight is 299 g/mol. The van der Waals surface area contributed by atoms with Gasteiger partial charge in [0.25, 0.3) is 5.69 Å². The summed E-state index contributed by atoms with van der Waals surface area (Å²) in [4.78, 5) is 9.88. The summed E-state index contributed by atoms with van der Waals surface area (Å²) < 4.78 is 26.8. The van der Waals surface area contributed by atoms with Gasteiger partial charge < -0.3 is 5.73 Å². The van der Waals surface area contributed by atoms with Crippen molar-refractivity contribution in [1.82, 2.24) is 4.72 Å². The molecule has 0 bridgehead atoms. The van der Waals surface area contributed by atoms with Gasteiger partial charge in [-0.3, -0.25) is 10.1 Å². The van der Waals surface area contributed by atoms with E-state index in [1.165, 1.54) is 6.07 Å². The van der Waals surface area contributed by atoms with Gasteiger partial charge in [-0.05, 0) is 24.8 Å². The van der Waals surface area contributed by atoms with Crippen LogP contribution < -0.4 is 10.5 Å². The van der Waals surface area contributed by atoms with Gasteiger partial charge in [0, 0.05) is 18.7 Å². The van der Waals surface area contributed by atoms with Gasteiger partial charge in [0.1, 0.15) is 4.90 Å². The van der Waals surface area contributed by atoms with Gasteiger partial charge in [0.05, 0.1) is 10.6 Å². The van der Waals surface area contributed by atoms with Crippen LogP contribution in [-0.4, -0.2) is 19.9 Å². The van der Waals surface area contributed by atoms with Gasteiger partial charge in [-0.25, -0.2) is 13.1 Å². The summed E-state index contributed by atoms with van der Waals surface area (Å²) >= 11 is 0. The maximum Gasteiger partial charge on any atom is 0.271 e. The molecule has 1 fully saturated rings. The van der Waals surface area contributed by atoms with Gasteiger partial charge in [-0.2, -0.15) is 0 Å². The van der Waals surface area contributed by atoms with Crippen LogP contribution in [0.15, 0.2) is 23.1 Å². The number of non-ortho nitro benzene ring substituents is 1. The van der Waals surface area contributed by atoms with E-state index in [0.717, 1.165) is 37.8 Å². The zero-order valence-electron chi connectivity index (χ0n) is 10.9. The predicted octanol–water partition coefficient (Wildman–Crippen LogP) is 1.65. The summed E-state index contributed by atoms with van der Waals surface area (Å²) in [6, 6.07) is 3.37. The normalized spacial score (nSPS) is 16.4. The van der Waals surface area contributed by atoms with Crippen molar-refractivity contribution in [2.75, 3.05) is 12.3 Å². The molecule has 110 valence electrons. The fraction of sp³-hybridized carbons (Fsp3) is 0.500. The number of nitrogens with two attached hydrogens (primary N) is 1. The summed E-state index contributed by atoms with van der Waals surface area (Å²) in [5.41, 5.74) is 5.27. The Hall–Kier alpha value is -1.67. The number of benzene rings is 1. The highest BCUT2D eigenvalue weighted by atomic mass is 32.2. The van der Waals surface area contributed by atoms with Gasteiger partial charge in [-0.1, -0.05) is 12.8 Å². The lowest BCUT2D eigenvalue weighted by Crippen LogP contribution is -2.29. The molecule has 1 aromatic carbocycles. The number of hydrogen-bond acceptors (Lipinski definition) is 5. The summed E-state index contributed by atoms with van der Waals surface area (Å²) in [7, 11) is -3.72. The Morgan fingerprint density at radius 3 is 2.55 bits per heavy atom. The van der Waals surface area contributed by atoms with E-state index in [1.807, 2.05) is 0 Å². The standard InChI is InChI=1S/C12H17N3O4S/c13-11-7-10(15(16)17)5-6-12(11)20(18,19)14-8-9-3-1-2-4-9/h5-7,9,14H,1-4,8,13H2. The molecular weight excluding hydrogens is 282 g/mol. The largest absolute Gasteiger partial charge is 0.397 e. The van der Waals surface area contributed by atoms with Crippen molar-refractivity contribution in [3.8, 4) is 0 Å². The monoisotopic (exact) mass is 299 g/mol. The predicted molar refractivity (Wildman–Crippen MR) is 74.7 cm³/mol. The van der Waals surface area contributed by atoms with Crippen molar-refractivity contribution in [3.63, 3.8) is 0 Å². The van der Waals surface area contributed by atoms with E-state index in [2.05, 4.69) is 4.72 Å². The highest BCUT2D eigenvalue weighted by molar-refractivity contribution is 7.89. The second-order valence-electron chi connectivity index (χ2n) is 4.98. The lowest BCUT2D eigenvalue weighted by atomic mass is 10.1. The molecule has 3 N–H and O–H groups in total. The van der Waals surface area contributed by atoms with E-state index in [1.54, 1.807) is 0 Å². The molecule has 0 saturated heterocycles. The van der Waals surface area contributed by atoms with Gasteiger partial charge >= 0.3 is 0 Å². The first-order valence-electron chi connectivity index (χ1n) is 6.44. The van der Waals surface area contributed by atoms with Crippen LogP contribution >= 0.6 is 0 Å².